The van der Waals surface area contributed by atoms with Gasteiger partial charge in [0.15, 0.2) is 4.80 Å². The lowest BCUT2D eigenvalue weighted by atomic mass is 10.1. The molecule has 0 aliphatic rings. The van der Waals surface area contributed by atoms with E-state index >= 15 is 0 Å². The zero-order valence-corrected chi connectivity index (χ0v) is 14.8. The number of aromatic nitrogens is 1. The third kappa shape index (κ3) is 3.59. The Balaban J connectivity index is 2.73. The summed E-state index contributed by atoms with van der Waals surface area (Å²) < 4.78 is 6.62. The molecule has 1 heterocycles. The summed E-state index contributed by atoms with van der Waals surface area (Å²) in [7, 11) is 0. The first-order valence-electron chi connectivity index (χ1n) is 7.40. The van der Waals surface area contributed by atoms with Gasteiger partial charge in [-0.25, -0.2) is 9.56 Å². The average molecular weight is 332 g/mol. The summed E-state index contributed by atoms with van der Waals surface area (Å²) in [6.45, 7) is 8.71. The minimum absolute atomic E-state index is 0.235. The molecule has 0 unspecified atom stereocenters. The Bertz CT molecular complexity index is 831. The Morgan fingerprint density at radius 1 is 1.26 bits per heavy atom. The maximum Gasteiger partial charge on any atom is 0.309 e. The number of benzene rings is 1. The highest BCUT2D eigenvalue weighted by Crippen LogP contribution is 2.25. The van der Waals surface area contributed by atoms with Crippen LogP contribution < -0.4 is 9.54 Å². The molecule has 2 aromatic rings. The van der Waals surface area contributed by atoms with Crippen LogP contribution in [0.25, 0.3) is 0 Å². The molecule has 23 heavy (non-hydrogen) atoms. The van der Waals surface area contributed by atoms with E-state index in [1.165, 1.54) is 29.8 Å². The summed E-state index contributed by atoms with van der Waals surface area (Å²) in [5.41, 5.74) is 2.99. The van der Waals surface area contributed by atoms with Gasteiger partial charge in [0.2, 0.25) is 11.8 Å². The van der Waals surface area contributed by atoms with Gasteiger partial charge in [0.05, 0.1) is 10.6 Å². The van der Waals surface area contributed by atoms with Gasteiger partial charge in [-0.15, -0.1) is 0 Å². The van der Waals surface area contributed by atoms with Crippen molar-refractivity contribution in [1.82, 2.24) is 4.57 Å². The summed E-state index contributed by atoms with van der Waals surface area (Å²) in [6.07, 6.45) is 0.656. The van der Waals surface area contributed by atoms with Crippen LogP contribution in [0.2, 0.25) is 0 Å². The normalized spacial score (nSPS) is 11.6. The highest BCUT2D eigenvalue weighted by Gasteiger charge is 2.19. The van der Waals surface area contributed by atoms with Crippen molar-refractivity contribution in [2.24, 2.45) is 4.99 Å². The first kappa shape index (κ1) is 17.1. The lowest BCUT2D eigenvalue weighted by Gasteiger charge is -2.06. The third-order valence-corrected chi connectivity index (χ3v) is 4.68. The van der Waals surface area contributed by atoms with Gasteiger partial charge in [0.1, 0.15) is 0 Å². The molecule has 0 fully saturated rings. The molecule has 0 aliphatic carbocycles. The molecular formula is C17H20N2O3S. The fourth-order valence-electron chi connectivity index (χ4n) is 2.18. The minimum Gasteiger partial charge on any atom is -0.408 e. The van der Waals surface area contributed by atoms with E-state index in [0.29, 0.717) is 11.2 Å². The van der Waals surface area contributed by atoms with Crippen LogP contribution in [0, 0.1) is 13.8 Å². The predicted octanol–water partition coefficient (Wildman–Crippen LogP) is 3.55. The van der Waals surface area contributed by atoms with Gasteiger partial charge in [-0.3, -0.25) is 9.59 Å². The summed E-state index contributed by atoms with van der Waals surface area (Å²) >= 11 is 1.36. The van der Waals surface area contributed by atoms with Crippen LogP contribution in [0.5, 0.6) is 5.88 Å². The van der Waals surface area contributed by atoms with E-state index in [1.807, 2.05) is 39.0 Å². The highest BCUT2D eigenvalue weighted by molar-refractivity contribution is 7.09. The molecule has 1 aromatic carbocycles. The molecule has 122 valence electrons. The van der Waals surface area contributed by atoms with Crippen molar-refractivity contribution >= 4 is 28.9 Å². The van der Waals surface area contributed by atoms with E-state index in [9.17, 15) is 9.59 Å². The Morgan fingerprint density at radius 2 is 1.96 bits per heavy atom. The van der Waals surface area contributed by atoms with E-state index in [1.54, 1.807) is 0 Å². The van der Waals surface area contributed by atoms with Gasteiger partial charge in [-0.1, -0.05) is 30.4 Å². The number of hydrogen-bond acceptors (Lipinski definition) is 5. The summed E-state index contributed by atoms with van der Waals surface area (Å²) in [4.78, 5) is 29.4. The highest BCUT2D eigenvalue weighted by atomic mass is 32.1. The number of esters is 1. The summed E-state index contributed by atoms with van der Waals surface area (Å²) in [5.74, 6) is -0.409. The number of aryl methyl sites for hydroxylation is 2. The molecule has 0 radical (unpaired) electrons. The molecule has 0 bridgehead atoms. The van der Waals surface area contributed by atoms with Gasteiger partial charge in [0.25, 0.3) is 0 Å². The minimum atomic E-state index is -0.453. The maximum atomic E-state index is 12.1. The van der Waals surface area contributed by atoms with Crippen molar-refractivity contribution in [3.63, 3.8) is 0 Å². The van der Waals surface area contributed by atoms with Gasteiger partial charge >= 0.3 is 5.97 Å². The predicted molar refractivity (Wildman–Crippen MR) is 90.4 cm³/mol. The SMILES string of the molecule is CCc1sc(=Nc2cccc(C)c2C)n(C(C)=O)c1OC(C)=O. The van der Waals surface area contributed by atoms with Crippen LogP contribution in [0.15, 0.2) is 23.2 Å². The van der Waals surface area contributed by atoms with E-state index < -0.39 is 5.97 Å². The van der Waals surface area contributed by atoms with E-state index in [4.69, 9.17) is 4.74 Å². The van der Waals surface area contributed by atoms with Crippen LogP contribution in [-0.4, -0.2) is 16.4 Å². The van der Waals surface area contributed by atoms with Crippen molar-refractivity contribution in [2.75, 3.05) is 0 Å². The maximum absolute atomic E-state index is 12.1. The van der Waals surface area contributed by atoms with Gasteiger partial charge in [-0.2, -0.15) is 0 Å². The topological polar surface area (TPSA) is 60.7 Å². The zero-order chi connectivity index (χ0) is 17.1. The third-order valence-electron chi connectivity index (χ3n) is 3.52. The molecule has 0 atom stereocenters. The second kappa shape index (κ2) is 6.91. The number of carbonyl (C=O) groups is 2. The Labute approximate surface area is 139 Å². The molecule has 0 saturated heterocycles. The Kier molecular flexibility index (Phi) is 5.15. The molecule has 0 spiro atoms. The van der Waals surface area contributed by atoms with E-state index in [2.05, 4.69) is 4.99 Å². The van der Waals surface area contributed by atoms with Gasteiger partial charge in [-0.05, 0) is 37.5 Å². The van der Waals surface area contributed by atoms with Crippen LogP contribution in [0.4, 0.5) is 5.69 Å². The van der Waals surface area contributed by atoms with Crippen molar-refractivity contribution in [1.29, 1.82) is 0 Å². The number of rotatable bonds is 3. The van der Waals surface area contributed by atoms with Crippen LogP contribution in [0.1, 0.15) is 41.6 Å². The first-order chi connectivity index (χ1) is 10.8. The number of ether oxygens (including phenoxy) is 1. The first-order valence-corrected chi connectivity index (χ1v) is 8.21. The van der Waals surface area contributed by atoms with Crippen LogP contribution >= 0.6 is 11.3 Å². The zero-order valence-electron chi connectivity index (χ0n) is 14.0. The molecule has 0 N–H and O–H groups in total. The lowest BCUT2D eigenvalue weighted by molar-refractivity contribution is -0.132. The molecule has 0 aliphatic heterocycles. The van der Waals surface area contributed by atoms with Crippen LogP contribution in [0.3, 0.4) is 0 Å². The number of nitrogens with zero attached hydrogens (tertiary/aromatic N) is 2. The van der Waals surface area contributed by atoms with Crippen molar-refractivity contribution in [3.05, 3.63) is 39.0 Å². The van der Waals surface area contributed by atoms with Crippen molar-refractivity contribution < 1.29 is 14.3 Å². The monoisotopic (exact) mass is 332 g/mol. The second-order valence-corrected chi connectivity index (χ2v) is 6.31. The standard InChI is InChI=1S/C17H20N2O3S/c1-6-15-16(22-13(5)21)19(12(4)20)17(23-15)18-14-9-7-8-10(2)11(14)3/h7-9H,6H2,1-5H3. The van der Waals surface area contributed by atoms with E-state index in [0.717, 1.165) is 21.7 Å². The quantitative estimate of drug-likeness (QED) is 0.808. The molecule has 5 nitrogen and oxygen atoms in total. The molecule has 0 saturated carbocycles. The molecule has 2 rings (SSSR count). The van der Waals surface area contributed by atoms with Gasteiger partial charge in [0, 0.05) is 13.8 Å². The van der Waals surface area contributed by atoms with E-state index in [-0.39, 0.29) is 11.8 Å². The molecular weight excluding hydrogens is 312 g/mol. The molecule has 1 aromatic heterocycles. The summed E-state index contributed by atoms with van der Waals surface area (Å²) in [6, 6.07) is 5.85. The fourth-order valence-corrected chi connectivity index (χ4v) is 3.22. The lowest BCUT2D eigenvalue weighted by Crippen LogP contribution is -2.22. The Morgan fingerprint density at radius 3 is 2.52 bits per heavy atom. The number of thiazole rings is 1. The average Bonchev–Trinajstić information content (AvgIpc) is 2.80. The summed E-state index contributed by atoms with van der Waals surface area (Å²) in [5, 5.41) is 0. The smallest absolute Gasteiger partial charge is 0.309 e. The second-order valence-electron chi connectivity index (χ2n) is 5.25. The van der Waals surface area contributed by atoms with Crippen LogP contribution in [-0.2, 0) is 11.2 Å². The largest absolute Gasteiger partial charge is 0.408 e. The molecule has 0 amide bonds. The number of carbonyl (C=O) groups excluding carboxylic acids is 2. The fraction of sp³-hybridized carbons (Fsp3) is 0.353. The van der Waals surface area contributed by atoms with Crippen molar-refractivity contribution in [3.8, 4) is 5.88 Å². The van der Waals surface area contributed by atoms with Crippen molar-refractivity contribution in [2.45, 2.75) is 41.0 Å². The van der Waals surface area contributed by atoms with Gasteiger partial charge < -0.3 is 4.74 Å². The Hall–Kier alpha value is -2.21. The number of hydrogen-bond donors (Lipinski definition) is 0. The molecule has 6 heteroatoms.